The van der Waals surface area contributed by atoms with Crippen molar-refractivity contribution in [1.82, 2.24) is 4.90 Å². The van der Waals surface area contributed by atoms with Crippen LogP contribution in [0.5, 0.6) is 0 Å². The Morgan fingerprint density at radius 3 is 2.71 bits per heavy atom. The van der Waals surface area contributed by atoms with Gasteiger partial charge in [-0.05, 0) is 18.2 Å². The number of rotatable bonds is 4. The van der Waals surface area contributed by atoms with Crippen LogP contribution >= 0.6 is 23.2 Å². The number of benzene rings is 1. The molecule has 0 bridgehead atoms. The zero-order chi connectivity index (χ0) is 12.1. The molecule has 2 rings (SSSR count). The Kier molecular flexibility index (Phi) is 4.92. The maximum atomic E-state index is 6.07. The normalized spacial score (nSPS) is 17.1. The average Bonchev–Trinajstić information content (AvgIpc) is 2.33. The van der Waals surface area contributed by atoms with Crippen molar-refractivity contribution in [1.29, 1.82) is 0 Å². The second-order valence-corrected chi connectivity index (χ2v) is 4.85. The highest BCUT2D eigenvalue weighted by Crippen LogP contribution is 2.24. The SMILES string of the molecule is Clc1ccc(NCCN2CCOCC2)c(Cl)c1. The monoisotopic (exact) mass is 274 g/mol. The molecule has 0 saturated carbocycles. The van der Waals surface area contributed by atoms with Crippen LogP contribution in [-0.4, -0.2) is 44.3 Å². The molecule has 1 aromatic rings. The molecule has 1 heterocycles. The molecule has 0 aliphatic carbocycles. The van der Waals surface area contributed by atoms with E-state index in [2.05, 4.69) is 10.2 Å². The summed E-state index contributed by atoms with van der Waals surface area (Å²) < 4.78 is 5.30. The number of nitrogens with one attached hydrogen (secondary N) is 1. The molecule has 0 aromatic heterocycles. The number of hydrogen-bond donors (Lipinski definition) is 1. The summed E-state index contributed by atoms with van der Waals surface area (Å²) in [5, 5.41) is 4.64. The minimum absolute atomic E-state index is 0.661. The molecule has 17 heavy (non-hydrogen) atoms. The van der Waals surface area contributed by atoms with Gasteiger partial charge in [-0.1, -0.05) is 23.2 Å². The van der Waals surface area contributed by atoms with E-state index in [1.807, 2.05) is 12.1 Å². The van der Waals surface area contributed by atoms with E-state index in [1.165, 1.54) is 0 Å². The number of nitrogens with zero attached hydrogens (tertiary/aromatic N) is 1. The van der Waals surface area contributed by atoms with E-state index >= 15 is 0 Å². The fraction of sp³-hybridized carbons (Fsp3) is 0.500. The molecular formula is C12H16Cl2N2O. The van der Waals surface area contributed by atoms with Crippen LogP contribution < -0.4 is 5.32 Å². The van der Waals surface area contributed by atoms with E-state index in [0.717, 1.165) is 45.1 Å². The first-order valence-electron chi connectivity index (χ1n) is 5.75. The molecule has 1 N–H and O–H groups in total. The van der Waals surface area contributed by atoms with Crippen LogP contribution in [0.3, 0.4) is 0 Å². The number of ether oxygens (including phenoxy) is 1. The van der Waals surface area contributed by atoms with Crippen molar-refractivity contribution in [3.63, 3.8) is 0 Å². The zero-order valence-electron chi connectivity index (χ0n) is 9.59. The lowest BCUT2D eigenvalue weighted by Crippen LogP contribution is -2.39. The molecule has 1 aliphatic heterocycles. The summed E-state index contributed by atoms with van der Waals surface area (Å²) in [5.41, 5.74) is 0.935. The van der Waals surface area contributed by atoms with Gasteiger partial charge in [-0.3, -0.25) is 4.90 Å². The third-order valence-corrected chi connectivity index (χ3v) is 3.33. The number of hydrogen-bond acceptors (Lipinski definition) is 3. The molecule has 1 fully saturated rings. The van der Waals surface area contributed by atoms with Gasteiger partial charge in [-0.2, -0.15) is 0 Å². The minimum Gasteiger partial charge on any atom is -0.383 e. The molecule has 0 amide bonds. The van der Waals surface area contributed by atoms with E-state index in [1.54, 1.807) is 6.07 Å². The topological polar surface area (TPSA) is 24.5 Å². The van der Waals surface area contributed by atoms with Gasteiger partial charge in [0.05, 0.1) is 23.9 Å². The first-order chi connectivity index (χ1) is 8.25. The van der Waals surface area contributed by atoms with Crippen molar-refractivity contribution < 1.29 is 4.74 Å². The van der Waals surface area contributed by atoms with Crippen molar-refractivity contribution >= 4 is 28.9 Å². The quantitative estimate of drug-likeness (QED) is 0.914. The molecule has 1 aliphatic rings. The summed E-state index contributed by atoms with van der Waals surface area (Å²) in [6, 6.07) is 5.49. The second kappa shape index (κ2) is 6.45. The maximum Gasteiger partial charge on any atom is 0.0652 e. The van der Waals surface area contributed by atoms with Crippen LogP contribution in [0, 0.1) is 0 Å². The molecular weight excluding hydrogens is 259 g/mol. The van der Waals surface area contributed by atoms with Crippen molar-refractivity contribution in [3.8, 4) is 0 Å². The molecule has 0 radical (unpaired) electrons. The van der Waals surface area contributed by atoms with Crippen LogP contribution in [0.4, 0.5) is 5.69 Å². The molecule has 0 atom stereocenters. The highest BCUT2D eigenvalue weighted by molar-refractivity contribution is 6.36. The van der Waals surface area contributed by atoms with Crippen LogP contribution in [0.15, 0.2) is 18.2 Å². The van der Waals surface area contributed by atoms with E-state index in [4.69, 9.17) is 27.9 Å². The van der Waals surface area contributed by atoms with Crippen LogP contribution in [0.1, 0.15) is 0 Å². The van der Waals surface area contributed by atoms with Crippen molar-refractivity contribution in [2.45, 2.75) is 0 Å². The summed E-state index contributed by atoms with van der Waals surface area (Å²) in [6.45, 7) is 5.57. The largest absolute Gasteiger partial charge is 0.383 e. The lowest BCUT2D eigenvalue weighted by Gasteiger charge is -2.26. The smallest absolute Gasteiger partial charge is 0.0652 e. The maximum absolute atomic E-state index is 6.07. The summed E-state index contributed by atoms with van der Waals surface area (Å²) in [7, 11) is 0. The van der Waals surface area contributed by atoms with Crippen LogP contribution in [0.2, 0.25) is 10.0 Å². The minimum atomic E-state index is 0.661. The summed E-state index contributed by atoms with van der Waals surface area (Å²) >= 11 is 11.9. The third kappa shape index (κ3) is 4.03. The number of anilines is 1. The van der Waals surface area contributed by atoms with Gasteiger partial charge in [0.1, 0.15) is 0 Å². The van der Waals surface area contributed by atoms with Crippen molar-refractivity contribution in [2.75, 3.05) is 44.7 Å². The van der Waals surface area contributed by atoms with Gasteiger partial charge in [-0.15, -0.1) is 0 Å². The predicted molar refractivity (Wildman–Crippen MR) is 72.2 cm³/mol. The lowest BCUT2D eigenvalue weighted by molar-refractivity contribution is 0.0398. The van der Waals surface area contributed by atoms with E-state index in [-0.39, 0.29) is 0 Å². The van der Waals surface area contributed by atoms with Gasteiger partial charge < -0.3 is 10.1 Å². The van der Waals surface area contributed by atoms with Crippen LogP contribution in [-0.2, 0) is 4.74 Å². The van der Waals surface area contributed by atoms with E-state index in [9.17, 15) is 0 Å². The van der Waals surface area contributed by atoms with Crippen molar-refractivity contribution in [3.05, 3.63) is 28.2 Å². The number of halogens is 2. The summed E-state index contributed by atoms with van der Waals surface area (Å²) in [5.74, 6) is 0. The predicted octanol–water partition coefficient (Wildman–Crippen LogP) is 2.74. The Hall–Kier alpha value is -0.480. The van der Waals surface area contributed by atoms with Crippen molar-refractivity contribution in [2.24, 2.45) is 0 Å². The Labute approximate surface area is 112 Å². The Morgan fingerprint density at radius 1 is 1.24 bits per heavy atom. The molecule has 3 nitrogen and oxygen atoms in total. The molecule has 0 unspecified atom stereocenters. The molecule has 1 aromatic carbocycles. The molecule has 94 valence electrons. The van der Waals surface area contributed by atoms with E-state index in [0.29, 0.717) is 10.0 Å². The van der Waals surface area contributed by atoms with Gasteiger partial charge in [-0.25, -0.2) is 0 Å². The van der Waals surface area contributed by atoms with E-state index < -0.39 is 0 Å². The first-order valence-corrected chi connectivity index (χ1v) is 6.50. The van der Waals surface area contributed by atoms with Gasteiger partial charge in [0.25, 0.3) is 0 Å². The van der Waals surface area contributed by atoms with Gasteiger partial charge in [0.2, 0.25) is 0 Å². The Morgan fingerprint density at radius 2 is 2.00 bits per heavy atom. The fourth-order valence-corrected chi connectivity index (χ4v) is 2.28. The zero-order valence-corrected chi connectivity index (χ0v) is 11.1. The fourth-order valence-electron chi connectivity index (χ4n) is 1.81. The molecule has 1 saturated heterocycles. The van der Waals surface area contributed by atoms with Crippen LogP contribution in [0.25, 0.3) is 0 Å². The Balaban J connectivity index is 1.77. The summed E-state index contributed by atoms with van der Waals surface area (Å²) in [6.07, 6.45) is 0. The Bertz CT molecular complexity index is 368. The first kappa shape index (κ1) is 13.0. The summed E-state index contributed by atoms with van der Waals surface area (Å²) in [4.78, 5) is 2.38. The second-order valence-electron chi connectivity index (χ2n) is 4.00. The van der Waals surface area contributed by atoms with Gasteiger partial charge >= 0.3 is 0 Å². The average molecular weight is 275 g/mol. The van der Waals surface area contributed by atoms with Gasteiger partial charge in [0, 0.05) is 31.2 Å². The highest BCUT2D eigenvalue weighted by atomic mass is 35.5. The molecule has 5 heteroatoms. The molecule has 0 spiro atoms. The third-order valence-electron chi connectivity index (χ3n) is 2.78. The highest BCUT2D eigenvalue weighted by Gasteiger charge is 2.09. The standard InChI is InChI=1S/C12H16Cl2N2O/c13-10-1-2-12(11(14)9-10)15-3-4-16-5-7-17-8-6-16/h1-2,9,15H,3-8H2. The lowest BCUT2D eigenvalue weighted by atomic mass is 10.3. The number of morpholine rings is 1. The van der Waals surface area contributed by atoms with Gasteiger partial charge in [0.15, 0.2) is 0 Å².